The lowest BCUT2D eigenvalue weighted by molar-refractivity contribution is 0.482. The Hall–Kier alpha value is -12.7. The van der Waals surface area contributed by atoms with Crippen molar-refractivity contribution in [1.29, 1.82) is 0 Å². The monoisotopic (exact) mass is 1270 g/mol. The maximum Gasteiger partial charge on any atom is 0.332 e. The Bertz CT molecular complexity index is 5230. The summed E-state index contributed by atoms with van der Waals surface area (Å²) in [6, 6.07) is 139. The molecule has 0 bridgehead atoms. The zero-order valence-corrected chi connectivity index (χ0v) is 54.4. The number of hydrogen-bond donors (Lipinski definition) is 0. The molecular formula is C90H66B3N3O3. The molecule has 0 atom stereocenters. The second-order valence-electron chi connectivity index (χ2n) is 24.6. The van der Waals surface area contributed by atoms with Crippen molar-refractivity contribution in [3.8, 4) is 67.9 Å². The second-order valence-corrected chi connectivity index (χ2v) is 24.6. The molecule has 0 spiro atoms. The number of rotatable bonds is 12. The van der Waals surface area contributed by atoms with Gasteiger partial charge >= 0.3 is 20.5 Å². The molecule has 468 valence electrons. The summed E-state index contributed by atoms with van der Waals surface area (Å²) in [6.07, 6.45) is 0. The minimum absolute atomic E-state index is 0.0258. The summed E-state index contributed by atoms with van der Waals surface area (Å²) < 4.78 is 18.7. The summed E-state index contributed by atoms with van der Waals surface area (Å²) in [5.41, 5.74) is 22.1. The number of hydrogen-bond acceptors (Lipinski definition) is 6. The molecule has 0 amide bonds. The van der Waals surface area contributed by atoms with Crippen LogP contribution in [0.3, 0.4) is 0 Å². The quantitative estimate of drug-likeness (QED) is 0.114. The predicted molar refractivity (Wildman–Crippen MR) is 415 cm³/mol. The number of ether oxygens (including phenoxy) is 3. The Morgan fingerprint density at radius 1 is 0.182 bits per heavy atom. The zero-order valence-electron chi connectivity index (χ0n) is 54.4. The molecule has 3 aliphatic heterocycles. The van der Waals surface area contributed by atoms with Gasteiger partial charge in [-0.1, -0.05) is 285 Å². The molecule has 6 nitrogen and oxygen atoms in total. The van der Waals surface area contributed by atoms with E-state index in [0.29, 0.717) is 0 Å². The van der Waals surface area contributed by atoms with Crippen molar-refractivity contribution < 1.29 is 14.2 Å². The van der Waals surface area contributed by atoms with E-state index in [2.05, 4.69) is 312 Å². The van der Waals surface area contributed by atoms with Gasteiger partial charge in [-0.25, -0.2) is 0 Å². The van der Waals surface area contributed by atoms with Crippen molar-refractivity contribution in [3.05, 3.63) is 400 Å². The van der Waals surface area contributed by atoms with Crippen LogP contribution in [0.5, 0.6) is 34.5 Å². The number of benzene rings is 15. The normalized spacial score (nSPS) is 12.1. The molecule has 3 aliphatic rings. The topological polar surface area (TPSA) is 37.4 Å². The second kappa shape index (κ2) is 28.3. The third-order valence-electron chi connectivity index (χ3n) is 18.5. The van der Waals surface area contributed by atoms with Crippen molar-refractivity contribution in [2.24, 2.45) is 0 Å². The molecule has 15 aromatic carbocycles. The molecule has 0 radical (unpaired) electrons. The largest absolute Gasteiger partial charge is 0.458 e. The van der Waals surface area contributed by atoms with Crippen LogP contribution in [0, 0.1) is 0 Å². The van der Waals surface area contributed by atoms with Gasteiger partial charge in [0.05, 0.1) is 0 Å². The highest BCUT2D eigenvalue weighted by atomic mass is 16.5. The van der Waals surface area contributed by atoms with Crippen LogP contribution in [-0.2, 0) is 0 Å². The van der Waals surface area contributed by atoms with E-state index in [9.17, 15) is 0 Å². The van der Waals surface area contributed by atoms with Gasteiger partial charge in [-0.05, 0) is 165 Å². The highest BCUT2D eigenvalue weighted by Gasteiger charge is 2.41. The highest BCUT2D eigenvalue weighted by molar-refractivity contribution is 6.92. The third kappa shape index (κ3) is 12.6. The molecule has 0 N–H and O–H groups in total. The summed E-state index contributed by atoms with van der Waals surface area (Å²) in [4.78, 5) is 7.33. The van der Waals surface area contributed by atoms with Gasteiger partial charge in [0.2, 0.25) is 0 Å². The lowest BCUT2D eigenvalue weighted by atomic mass is 9.45. The summed E-state index contributed by atoms with van der Waals surface area (Å²) in [6.45, 7) is 0.0560. The maximum atomic E-state index is 6.42. The molecular weight excluding hydrogens is 1200 g/mol. The van der Waals surface area contributed by atoms with Gasteiger partial charge in [-0.15, -0.1) is 0 Å². The van der Waals surface area contributed by atoms with E-state index in [1.54, 1.807) is 0 Å². The fourth-order valence-electron chi connectivity index (χ4n) is 14.2. The van der Waals surface area contributed by atoms with Crippen molar-refractivity contribution >= 4 is 87.4 Å². The first-order valence-electron chi connectivity index (χ1n) is 33.7. The summed E-state index contributed by atoms with van der Waals surface area (Å²) in [5.74, 6) is 5.05. The Morgan fingerprint density at radius 3 is 0.909 bits per heavy atom. The SMILES string of the molecule is c1ccc(Oc2ccc(B3c4ccccc4-c4ccccc4N3c3ccccc3)cc2)cc1.c1ccc(Oc2cccc(B3c4ccccc4-c4ccccc4N3c3ccccc3)c2)cc1.c1ccc(Oc2ccccc2B2c3ccccc3-c3ccccc3N2c2ccccc2)cc1. The number of nitrogens with zero attached hydrogens (tertiary/aromatic N) is 3. The van der Waals surface area contributed by atoms with Gasteiger partial charge < -0.3 is 28.6 Å². The van der Waals surface area contributed by atoms with Crippen LogP contribution < -0.4 is 61.4 Å². The number of anilines is 6. The molecule has 15 aromatic rings. The Kier molecular flexibility index (Phi) is 17.5. The van der Waals surface area contributed by atoms with Gasteiger partial charge in [0.15, 0.2) is 0 Å². The van der Waals surface area contributed by atoms with E-state index < -0.39 is 0 Å². The summed E-state index contributed by atoms with van der Waals surface area (Å²) in [5, 5.41) is 0. The fourth-order valence-corrected chi connectivity index (χ4v) is 14.2. The lowest BCUT2D eigenvalue weighted by Gasteiger charge is -2.39. The van der Waals surface area contributed by atoms with Crippen LogP contribution in [0.2, 0.25) is 0 Å². The van der Waals surface area contributed by atoms with E-state index in [1.807, 2.05) is 103 Å². The summed E-state index contributed by atoms with van der Waals surface area (Å²) in [7, 11) is 0. The van der Waals surface area contributed by atoms with Crippen LogP contribution in [0.25, 0.3) is 33.4 Å². The first-order valence-corrected chi connectivity index (χ1v) is 33.7. The standard InChI is InChI=1S/3C30H22BNO/c1-3-13-23(14-4-1)32-29-21-11-8-18-26(29)25-17-7-9-19-27(25)31(32)28-20-10-12-22-30(28)33-24-15-5-2-6-16-24;1-3-13-24(14-4-1)32-30-21-10-8-19-28(30)27-18-7-9-20-29(27)31(32)23-12-11-17-26(22-23)33-25-15-5-2-6-16-25;1-3-11-24(12-4-1)32-30-18-10-8-16-28(30)27-15-7-9-17-29(27)31(32)23-19-21-26(22-20-23)33-25-13-5-2-6-14-25/h3*1-22H. The minimum atomic E-state index is -0.0292. The molecule has 0 unspecified atom stereocenters. The van der Waals surface area contributed by atoms with Crippen LogP contribution in [0.4, 0.5) is 34.1 Å². The van der Waals surface area contributed by atoms with E-state index in [0.717, 1.165) is 45.6 Å². The van der Waals surface area contributed by atoms with Crippen LogP contribution in [0.1, 0.15) is 0 Å². The molecule has 0 aromatic heterocycles. The molecule has 0 saturated carbocycles. The van der Waals surface area contributed by atoms with E-state index in [1.165, 1.54) is 89.1 Å². The number of para-hydroxylation sites is 10. The summed E-state index contributed by atoms with van der Waals surface area (Å²) >= 11 is 0. The van der Waals surface area contributed by atoms with Crippen molar-refractivity contribution in [1.82, 2.24) is 0 Å². The van der Waals surface area contributed by atoms with Gasteiger partial charge in [-0.3, -0.25) is 0 Å². The molecule has 0 aliphatic carbocycles. The third-order valence-corrected chi connectivity index (χ3v) is 18.5. The Morgan fingerprint density at radius 2 is 0.475 bits per heavy atom. The molecule has 0 fully saturated rings. The van der Waals surface area contributed by atoms with Gasteiger partial charge in [-0.2, -0.15) is 0 Å². The first-order chi connectivity index (χ1) is 49.2. The molecule has 0 saturated heterocycles. The first kappa shape index (κ1) is 61.2. The smallest absolute Gasteiger partial charge is 0.332 e. The Labute approximate surface area is 580 Å². The van der Waals surface area contributed by atoms with Crippen LogP contribution in [-0.4, -0.2) is 20.5 Å². The number of fused-ring (bicyclic) bond motifs is 9. The van der Waals surface area contributed by atoms with Crippen LogP contribution >= 0.6 is 0 Å². The van der Waals surface area contributed by atoms with Crippen molar-refractivity contribution in [2.45, 2.75) is 0 Å². The van der Waals surface area contributed by atoms with Gasteiger partial charge in [0.25, 0.3) is 0 Å². The van der Waals surface area contributed by atoms with Crippen LogP contribution in [0.15, 0.2) is 400 Å². The van der Waals surface area contributed by atoms with Crippen molar-refractivity contribution in [2.75, 3.05) is 14.4 Å². The predicted octanol–water partition coefficient (Wildman–Crippen LogP) is 19.2. The van der Waals surface area contributed by atoms with Gasteiger partial charge in [0, 0.05) is 50.8 Å². The van der Waals surface area contributed by atoms with E-state index >= 15 is 0 Å². The molecule has 9 heteroatoms. The zero-order chi connectivity index (χ0) is 66.1. The average Bonchev–Trinajstić information content (AvgIpc) is 0.752. The van der Waals surface area contributed by atoms with Crippen molar-refractivity contribution in [3.63, 3.8) is 0 Å². The van der Waals surface area contributed by atoms with Gasteiger partial charge in [0.1, 0.15) is 34.5 Å². The van der Waals surface area contributed by atoms with E-state index in [4.69, 9.17) is 14.2 Å². The molecule has 99 heavy (non-hydrogen) atoms. The molecule has 18 rings (SSSR count). The fraction of sp³-hybridized carbons (Fsp3) is 0. The maximum absolute atomic E-state index is 6.42. The highest BCUT2D eigenvalue weighted by Crippen LogP contribution is 2.43. The Balaban J connectivity index is 0.000000116. The van der Waals surface area contributed by atoms with E-state index in [-0.39, 0.29) is 20.5 Å². The average molecular weight is 1270 g/mol. The lowest BCUT2D eigenvalue weighted by Crippen LogP contribution is -2.57. The molecule has 3 heterocycles. The minimum Gasteiger partial charge on any atom is -0.458 e.